The fraction of sp³-hybridized carbons (Fsp3) is 0. The average Bonchev–Trinajstić information content (AvgIpc) is 2.07. The van der Waals surface area contributed by atoms with Gasteiger partial charge in [-0.25, -0.2) is 0 Å². The van der Waals surface area contributed by atoms with E-state index in [-0.39, 0.29) is 35.3 Å². The van der Waals surface area contributed by atoms with E-state index < -0.39 is 0 Å². The molecule has 4 heteroatoms. The van der Waals surface area contributed by atoms with E-state index in [1.165, 1.54) is 6.20 Å². The third-order valence-electron chi connectivity index (χ3n) is 1.17. The molecule has 0 spiro atoms. The molecule has 1 N–H and O–H groups in total. The van der Waals surface area contributed by atoms with Crippen LogP contribution < -0.4 is 0 Å². The first kappa shape index (κ1) is 11.4. The molecule has 0 atom stereocenters. The van der Waals surface area contributed by atoms with E-state index in [2.05, 4.69) is 4.98 Å². The number of aliphatic hydroxyl groups excluding tert-OH is 1. The summed E-state index contributed by atoms with van der Waals surface area (Å²) in [6.07, 6.45) is 4.83. The first-order valence-corrected chi connectivity index (χ1v) is 3.09. The van der Waals surface area contributed by atoms with Gasteiger partial charge >= 0.3 is 0 Å². The Balaban J connectivity index is 0.00000121. The Kier molecular flexibility index (Phi) is 5.62. The van der Waals surface area contributed by atoms with Crippen molar-refractivity contribution in [2.45, 2.75) is 0 Å². The number of hydrogen-bond acceptors (Lipinski definition) is 3. The molecule has 3 nitrogen and oxygen atoms in total. The minimum Gasteiger partial charge on any atom is -0.515 e. The molecule has 1 radical (unpaired) electrons. The first-order chi connectivity index (χ1) is 5.34. The van der Waals surface area contributed by atoms with Gasteiger partial charge in [0.15, 0.2) is 5.78 Å². The molecule has 0 saturated carbocycles. The molecule has 0 aliphatic heterocycles. The van der Waals surface area contributed by atoms with Crippen molar-refractivity contribution in [2.24, 2.45) is 0 Å². The Hall–Kier alpha value is -0.640. The van der Waals surface area contributed by atoms with Crippen LogP contribution in [0.5, 0.6) is 0 Å². The van der Waals surface area contributed by atoms with E-state index in [0.717, 1.165) is 12.3 Å². The van der Waals surface area contributed by atoms with E-state index in [4.69, 9.17) is 5.11 Å². The number of allylic oxidation sites excluding steroid dienone is 1. The SMILES string of the molecule is O=C(C=CO)c1cccnc1.[Na]. The summed E-state index contributed by atoms with van der Waals surface area (Å²) in [7, 11) is 0. The fourth-order valence-corrected chi connectivity index (χ4v) is 0.672. The van der Waals surface area contributed by atoms with Crippen molar-refractivity contribution in [1.29, 1.82) is 0 Å². The molecular weight excluding hydrogens is 165 g/mol. The van der Waals surface area contributed by atoms with E-state index in [0.29, 0.717) is 5.56 Å². The van der Waals surface area contributed by atoms with Crippen LogP contribution in [0.3, 0.4) is 0 Å². The monoisotopic (exact) mass is 172 g/mol. The van der Waals surface area contributed by atoms with Gasteiger partial charge in [-0.1, -0.05) is 0 Å². The zero-order valence-corrected chi connectivity index (χ0v) is 8.77. The van der Waals surface area contributed by atoms with Crippen LogP contribution in [0, 0.1) is 0 Å². The minimum atomic E-state index is -0.249. The van der Waals surface area contributed by atoms with Crippen molar-refractivity contribution >= 4 is 35.3 Å². The van der Waals surface area contributed by atoms with Crippen LogP contribution in [-0.2, 0) is 0 Å². The van der Waals surface area contributed by atoms with Gasteiger partial charge in [0.2, 0.25) is 0 Å². The van der Waals surface area contributed by atoms with Crippen LogP contribution in [-0.4, -0.2) is 45.4 Å². The van der Waals surface area contributed by atoms with Crippen molar-refractivity contribution in [2.75, 3.05) is 0 Å². The maximum absolute atomic E-state index is 11.0. The van der Waals surface area contributed by atoms with Crippen molar-refractivity contribution in [3.8, 4) is 0 Å². The molecule has 0 saturated heterocycles. The molecule has 1 rings (SSSR count). The van der Waals surface area contributed by atoms with E-state index in [9.17, 15) is 4.79 Å². The van der Waals surface area contributed by atoms with Crippen molar-refractivity contribution in [1.82, 2.24) is 4.98 Å². The Morgan fingerprint density at radius 2 is 2.33 bits per heavy atom. The predicted molar refractivity (Wildman–Crippen MR) is 46.1 cm³/mol. The Morgan fingerprint density at radius 3 is 2.83 bits per heavy atom. The summed E-state index contributed by atoms with van der Waals surface area (Å²) in [6.45, 7) is 0. The molecule has 0 unspecified atom stereocenters. The molecule has 1 heterocycles. The molecule has 0 aliphatic carbocycles. The normalized spacial score (nSPS) is 9.33. The number of ketones is 1. The van der Waals surface area contributed by atoms with Gasteiger partial charge in [0, 0.05) is 53.6 Å². The Labute approximate surface area is 92.4 Å². The average molecular weight is 172 g/mol. The number of carbonyl (C=O) groups excluding carboxylic acids is 1. The van der Waals surface area contributed by atoms with Gasteiger partial charge in [-0.2, -0.15) is 0 Å². The molecule has 1 aromatic rings. The summed E-state index contributed by atoms with van der Waals surface area (Å²) >= 11 is 0. The first-order valence-electron chi connectivity index (χ1n) is 3.09. The van der Waals surface area contributed by atoms with Crippen LogP contribution in [0.4, 0.5) is 0 Å². The summed E-state index contributed by atoms with van der Waals surface area (Å²) in [4.78, 5) is 14.7. The van der Waals surface area contributed by atoms with Gasteiger partial charge in [-0.15, -0.1) is 0 Å². The molecule has 0 bridgehead atoms. The number of carbonyl (C=O) groups is 1. The largest absolute Gasteiger partial charge is 0.515 e. The summed E-state index contributed by atoms with van der Waals surface area (Å²) in [5.74, 6) is -0.249. The second-order valence-corrected chi connectivity index (χ2v) is 1.92. The third-order valence-corrected chi connectivity index (χ3v) is 1.17. The number of nitrogens with zero attached hydrogens (tertiary/aromatic N) is 1. The van der Waals surface area contributed by atoms with E-state index in [1.54, 1.807) is 18.3 Å². The van der Waals surface area contributed by atoms with Crippen molar-refractivity contribution < 1.29 is 9.90 Å². The van der Waals surface area contributed by atoms with Gasteiger partial charge in [0.1, 0.15) is 0 Å². The van der Waals surface area contributed by atoms with E-state index in [1.807, 2.05) is 0 Å². The Bertz CT molecular complexity index is 272. The van der Waals surface area contributed by atoms with Gasteiger partial charge in [-0.3, -0.25) is 9.78 Å². The van der Waals surface area contributed by atoms with Crippen LogP contribution in [0.25, 0.3) is 0 Å². The topological polar surface area (TPSA) is 50.2 Å². The molecule has 0 amide bonds. The molecule has 57 valence electrons. The maximum atomic E-state index is 11.0. The molecule has 0 fully saturated rings. The summed E-state index contributed by atoms with van der Waals surface area (Å²) in [6, 6.07) is 3.30. The molecule has 0 aromatic carbocycles. The molecule has 0 aliphatic rings. The van der Waals surface area contributed by atoms with Gasteiger partial charge in [0.25, 0.3) is 0 Å². The summed E-state index contributed by atoms with van der Waals surface area (Å²) in [5.41, 5.74) is 0.470. The maximum Gasteiger partial charge on any atom is 0.190 e. The smallest absolute Gasteiger partial charge is 0.190 e. The number of aliphatic hydroxyl groups is 1. The van der Waals surface area contributed by atoms with Crippen LogP contribution in [0.2, 0.25) is 0 Å². The molecule has 1 aromatic heterocycles. The van der Waals surface area contributed by atoms with Gasteiger partial charge in [0.05, 0.1) is 6.26 Å². The van der Waals surface area contributed by atoms with Gasteiger partial charge < -0.3 is 5.11 Å². The number of pyridine rings is 1. The summed E-state index contributed by atoms with van der Waals surface area (Å²) < 4.78 is 0. The second-order valence-electron chi connectivity index (χ2n) is 1.92. The zero-order chi connectivity index (χ0) is 8.10. The predicted octanol–water partition coefficient (Wildman–Crippen LogP) is 0.955. The van der Waals surface area contributed by atoms with Crippen LogP contribution in [0.1, 0.15) is 10.4 Å². The van der Waals surface area contributed by atoms with Gasteiger partial charge in [-0.05, 0) is 12.1 Å². The molecular formula is C8H7NNaO2. The number of rotatable bonds is 2. The quantitative estimate of drug-likeness (QED) is 0.313. The Morgan fingerprint density at radius 1 is 1.58 bits per heavy atom. The number of aromatic nitrogens is 1. The third kappa shape index (κ3) is 3.17. The molecule has 12 heavy (non-hydrogen) atoms. The second kappa shape index (κ2) is 5.94. The standard InChI is InChI=1S/C8H7NO2.Na/c10-5-3-8(11)7-2-1-4-9-6-7;/h1-6,10H;. The fourth-order valence-electron chi connectivity index (χ4n) is 0.672. The van der Waals surface area contributed by atoms with Crippen LogP contribution in [0.15, 0.2) is 36.9 Å². The zero-order valence-electron chi connectivity index (χ0n) is 6.77. The van der Waals surface area contributed by atoms with Crippen molar-refractivity contribution in [3.05, 3.63) is 42.4 Å². The minimum absolute atomic E-state index is 0. The number of hydrogen-bond donors (Lipinski definition) is 1. The van der Waals surface area contributed by atoms with Crippen LogP contribution >= 0.6 is 0 Å². The van der Waals surface area contributed by atoms with Crippen molar-refractivity contribution in [3.63, 3.8) is 0 Å². The van der Waals surface area contributed by atoms with E-state index >= 15 is 0 Å². The summed E-state index contributed by atoms with van der Waals surface area (Å²) in [5, 5.41) is 8.28.